The number of H-pyrrole nitrogens is 1. The smallest absolute Gasteiger partial charge is 0.251 e. The minimum absolute atomic E-state index is 0.103. The number of aromatic amines is 1. The number of likely N-dealkylation sites (tertiary alicyclic amines) is 1. The van der Waals surface area contributed by atoms with Crippen LogP contribution in [0.3, 0.4) is 0 Å². The van der Waals surface area contributed by atoms with Gasteiger partial charge in [0.1, 0.15) is 0 Å². The fourth-order valence-electron chi connectivity index (χ4n) is 3.10. The van der Waals surface area contributed by atoms with Gasteiger partial charge in [-0.25, -0.2) is 4.98 Å². The number of carbonyl (C=O) groups excluding carboxylic acids is 2. The molecule has 1 aliphatic heterocycles. The van der Waals surface area contributed by atoms with Gasteiger partial charge in [0, 0.05) is 37.0 Å². The standard InChI is InChI=1S/C16H18N4O2/c21-15-5-10(8-20(15)12-2-3-12)7-17-16(22)11-1-4-13-14(6-11)19-9-18-13/h1,4,6,9-10,12H,2-3,5,7-8H2,(H,17,22)(H,18,19). The van der Waals surface area contributed by atoms with Crippen molar-refractivity contribution in [1.82, 2.24) is 20.2 Å². The Morgan fingerprint density at radius 1 is 1.41 bits per heavy atom. The molecule has 2 heterocycles. The third-order valence-corrected chi connectivity index (χ3v) is 4.46. The van der Waals surface area contributed by atoms with Crippen LogP contribution in [0, 0.1) is 5.92 Å². The van der Waals surface area contributed by atoms with Crippen molar-refractivity contribution in [2.24, 2.45) is 5.92 Å². The molecule has 2 aromatic rings. The molecule has 1 aliphatic carbocycles. The summed E-state index contributed by atoms with van der Waals surface area (Å²) in [6.45, 7) is 1.33. The monoisotopic (exact) mass is 298 g/mol. The molecule has 0 spiro atoms. The van der Waals surface area contributed by atoms with Gasteiger partial charge in [-0.1, -0.05) is 0 Å². The Kier molecular flexibility index (Phi) is 3.10. The van der Waals surface area contributed by atoms with Crippen LogP contribution in [0.4, 0.5) is 0 Å². The van der Waals surface area contributed by atoms with Crippen LogP contribution in [0.5, 0.6) is 0 Å². The Morgan fingerprint density at radius 2 is 2.27 bits per heavy atom. The summed E-state index contributed by atoms with van der Waals surface area (Å²) in [5.41, 5.74) is 2.31. The second-order valence-electron chi connectivity index (χ2n) is 6.19. The fourth-order valence-corrected chi connectivity index (χ4v) is 3.10. The van der Waals surface area contributed by atoms with E-state index in [-0.39, 0.29) is 17.7 Å². The largest absolute Gasteiger partial charge is 0.352 e. The van der Waals surface area contributed by atoms with Crippen molar-refractivity contribution < 1.29 is 9.59 Å². The van der Waals surface area contributed by atoms with Crippen molar-refractivity contribution in [3.05, 3.63) is 30.1 Å². The Balaban J connectivity index is 1.37. The number of carbonyl (C=O) groups is 2. The lowest BCUT2D eigenvalue weighted by Crippen LogP contribution is -2.32. The number of hydrogen-bond acceptors (Lipinski definition) is 3. The predicted octanol–water partition coefficient (Wildman–Crippen LogP) is 1.30. The van der Waals surface area contributed by atoms with Gasteiger partial charge in [0.15, 0.2) is 0 Å². The second kappa shape index (κ2) is 5.12. The van der Waals surface area contributed by atoms with Gasteiger partial charge < -0.3 is 15.2 Å². The number of hydrogen-bond donors (Lipinski definition) is 2. The SMILES string of the molecule is O=C(NCC1CC(=O)N(C2CC2)C1)c1ccc2nc[nH]c2c1. The van der Waals surface area contributed by atoms with E-state index >= 15 is 0 Å². The van der Waals surface area contributed by atoms with E-state index < -0.39 is 0 Å². The maximum absolute atomic E-state index is 12.2. The van der Waals surface area contributed by atoms with E-state index in [1.807, 2.05) is 11.0 Å². The highest BCUT2D eigenvalue weighted by atomic mass is 16.2. The highest BCUT2D eigenvalue weighted by Crippen LogP contribution is 2.32. The first-order valence-corrected chi connectivity index (χ1v) is 7.71. The summed E-state index contributed by atoms with van der Waals surface area (Å²) in [7, 11) is 0. The maximum Gasteiger partial charge on any atom is 0.251 e. The van der Waals surface area contributed by atoms with Crippen LogP contribution in [0.2, 0.25) is 0 Å². The molecule has 1 aromatic carbocycles. The molecule has 1 saturated carbocycles. The molecule has 0 bridgehead atoms. The molecule has 1 aromatic heterocycles. The third kappa shape index (κ3) is 2.45. The van der Waals surface area contributed by atoms with Crippen molar-refractivity contribution in [2.75, 3.05) is 13.1 Å². The highest BCUT2D eigenvalue weighted by Gasteiger charge is 2.39. The van der Waals surface area contributed by atoms with Gasteiger partial charge in [-0.3, -0.25) is 9.59 Å². The van der Waals surface area contributed by atoms with Crippen LogP contribution in [0.15, 0.2) is 24.5 Å². The van der Waals surface area contributed by atoms with Crippen LogP contribution in [-0.2, 0) is 4.79 Å². The molecule has 1 unspecified atom stereocenters. The van der Waals surface area contributed by atoms with E-state index in [9.17, 15) is 9.59 Å². The summed E-state index contributed by atoms with van der Waals surface area (Å²) in [5.74, 6) is 0.363. The number of aromatic nitrogens is 2. The molecular weight excluding hydrogens is 280 g/mol. The predicted molar refractivity (Wildman–Crippen MR) is 81.3 cm³/mol. The lowest BCUT2D eigenvalue weighted by Gasteiger charge is -2.15. The molecule has 2 amide bonds. The normalized spacial score (nSPS) is 21.5. The topological polar surface area (TPSA) is 78.1 Å². The van der Waals surface area contributed by atoms with E-state index in [4.69, 9.17) is 0 Å². The third-order valence-electron chi connectivity index (χ3n) is 4.46. The summed E-state index contributed by atoms with van der Waals surface area (Å²) in [6.07, 6.45) is 4.43. The van der Waals surface area contributed by atoms with E-state index in [0.29, 0.717) is 24.6 Å². The van der Waals surface area contributed by atoms with Crippen molar-refractivity contribution in [3.8, 4) is 0 Å². The van der Waals surface area contributed by atoms with E-state index in [0.717, 1.165) is 30.4 Å². The molecule has 0 radical (unpaired) electrons. The lowest BCUT2D eigenvalue weighted by atomic mass is 10.1. The van der Waals surface area contributed by atoms with E-state index in [1.165, 1.54) is 0 Å². The molecule has 2 fully saturated rings. The average Bonchev–Trinajstić information content (AvgIpc) is 3.13. The minimum Gasteiger partial charge on any atom is -0.352 e. The summed E-state index contributed by atoms with van der Waals surface area (Å²) < 4.78 is 0. The summed E-state index contributed by atoms with van der Waals surface area (Å²) in [5, 5.41) is 2.95. The number of amides is 2. The molecule has 22 heavy (non-hydrogen) atoms. The van der Waals surface area contributed by atoms with Gasteiger partial charge in [0.25, 0.3) is 5.91 Å². The number of benzene rings is 1. The summed E-state index contributed by atoms with van der Waals surface area (Å²) >= 11 is 0. The van der Waals surface area contributed by atoms with Crippen LogP contribution in [-0.4, -0.2) is 45.8 Å². The highest BCUT2D eigenvalue weighted by molar-refractivity contribution is 5.97. The van der Waals surface area contributed by atoms with Gasteiger partial charge in [-0.05, 0) is 31.0 Å². The summed E-state index contributed by atoms with van der Waals surface area (Å²) in [4.78, 5) is 33.2. The molecule has 2 aliphatic rings. The molecule has 2 N–H and O–H groups in total. The number of nitrogens with zero attached hydrogens (tertiary/aromatic N) is 2. The lowest BCUT2D eigenvalue weighted by molar-refractivity contribution is -0.128. The second-order valence-corrected chi connectivity index (χ2v) is 6.19. The maximum atomic E-state index is 12.2. The van der Waals surface area contributed by atoms with E-state index in [2.05, 4.69) is 15.3 Å². The van der Waals surface area contributed by atoms with Crippen molar-refractivity contribution in [3.63, 3.8) is 0 Å². The van der Waals surface area contributed by atoms with Crippen molar-refractivity contribution in [2.45, 2.75) is 25.3 Å². The van der Waals surface area contributed by atoms with Crippen LogP contribution in [0.25, 0.3) is 11.0 Å². The van der Waals surface area contributed by atoms with Crippen LogP contribution in [0.1, 0.15) is 29.6 Å². The fraction of sp³-hybridized carbons (Fsp3) is 0.438. The van der Waals surface area contributed by atoms with Crippen molar-refractivity contribution in [1.29, 1.82) is 0 Å². The van der Waals surface area contributed by atoms with Crippen LogP contribution < -0.4 is 5.32 Å². The van der Waals surface area contributed by atoms with Gasteiger partial charge in [0.05, 0.1) is 17.4 Å². The molecule has 1 saturated heterocycles. The van der Waals surface area contributed by atoms with Gasteiger partial charge in [0.2, 0.25) is 5.91 Å². The Morgan fingerprint density at radius 3 is 3.09 bits per heavy atom. The molecule has 1 atom stereocenters. The molecule has 6 heteroatoms. The minimum atomic E-state index is -0.103. The average molecular weight is 298 g/mol. The van der Waals surface area contributed by atoms with Gasteiger partial charge >= 0.3 is 0 Å². The molecule has 114 valence electrons. The molecule has 6 nitrogen and oxygen atoms in total. The first kappa shape index (κ1) is 13.3. The summed E-state index contributed by atoms with van der Waals surface area (Å²) in [6, 6.07) is 5.87. The van der Waals surface area contributed by atoms with E-state index in [1.54, 1.807) is 18.5 Å². The number of rotatable bonds is 4. The number of nitrogens with one attached hydrogen (secondary N) is 2. The molecule has 4 rings (SSSR count). The molecular formula is C16H18N4O2. The Bertz CT molecular complexity index is 735. The van der Waals surface area contributed by atoms with Gasteiger partial charge in [-0.15, -0.1) is 0 Å². The first-order chi connectivity index (χ1) is 10.7. The Labute approximate surface area is 127 Å². The van der Waals surface area contributed by atoms with Crippen molar-refractivity contribution >= 4 is 22.8 Å². The Hall–Kier alpha value is -2.37. The van der Waals surface area contributed by atoms with Crippen LogP contribution >= 0.6 is 0 Å². The zero-order chi connectivity index (χ0) is 15.1. The first-order valence-electron chi connectivity index (χ1n) is 7.71. The quantitative estimate of drug-likeness (QED) is 0.893. The number of imidazole rings is 1. The zero-order valence-electron chi connectivity index (χ0n) is 12.2. The zero-order valence-corrected chi connectivity index (χ0v) is 12.2. The van der Waals surface area contributed by atoms with Gasteiger partial charge in [-0.2, -0.15) is 0 Å². The number of fused-ring (bicyclic) bond motifs is 1.